The van der Waals surface area contributed by atoms with Gasteiger partial charge in [0.15, 0.2) is 9.84 Å². The molecule has 2 saturated heterocycles. The van der Waals surface area contributed by atoms with Crippen molar-refractivity contribution in [2.24, 2.45) is 7.05 Å². The fourth-order valence-corrected chi connectivity index (χ4v) is 5.86. The number of ketones is 1. The lowest BCUT2D eigenvalue weighted by atomic mass is 10.1. The van der Waals surface area contributed by atoms with Crippen LogP contribution in [0.3, 0.4) is 0 Å². The molecule has 0 amide bonds. The highest BCUT2D eigenvalue weighted by molar-refractivity contribution is 7.91. The van der Waals surface area contributed by atoms with E-state index in [2.05, 4.69) is 0 Å². The Morgan fingerprint density at radius 3 is 2.64 bits per heavy atom. The number of carbonyl (C=O) groups is 1. The standard InChI is InChI=1S/C18H28N2O4S/c1-13-9-17(14(2)19(13)3)18(21)11-20(10-16-5-4-7-24-16)15-6-8-25(22,23)12-15/h9,15-16H,4-8,10-12H2,1-3H3/p+1/t15-,16+/m1/s1. The SMILES string of the molecule is Cc1cc(C(=O)C[NH+](C[C@@H]2CCCO2)[C@@H]2CCS(=O)(=O)C2)c(C)n1C. The van der Waals surface area contributed by atoms with Gasteiger partial charge < -0.3 is 14.2 Å². The Morgan fingerprint density at radius 1 is 1.36 bits per heavy atom. The van der Waals surface area contributed by atoms with Gasteiger partial charge in [-0.15, -0.1) is 0 Å². The average molecular weight is 370 g/mol. The van der Waals surface area contributed by atoms with E-state index in [1.54, 1.807) is 0 Å². The van der Waals surface area contributed by atoms with E-state index in [1.165, 1.54) is 0 Å². The average Bonchev–Trinajstić information content (AvgIpc) is 3.24. The van der Waals surface area contributed by atoms with Gasteiger partial charge in [-0.05, 0) is 32.8 Å². The molecule has 25 heavy (non-hydrogen) atoms. The fourth-order valence-electron chi connectivity index (χ4n) is 4.04. The number of sulfone groups is 1. The summed E-state index contributed by atoms with van der Waals surface area (Å²) < 4.78 is 31.6. The maximum Gasteiger partial charge on any atom is 0.218 e. The summed E-state index contributed by atoms with van der Waals surface area (Å²) in [6.07, 6.45) is 2.83. The summed E-state index contributed by atoms with van der Waals surface area (Å²) >= 11 is 0. The van der Waals surface area contributed by atoms with Crippen LogP contribution in [0.4, 0.5) is 0 Å². The molecule has 0 aliphatic carbocycles. The van der Waals surface area contributed by atoms with E-state index in [0.717, 1.165) is 47.8 Å². The van der Waals surface area contributed by atoms with E-state index in [4.69, 9.17) is 4.74 Å². The lowest BCUT2D eigenvalue weighted by Crippen LogP contribution is -3.17. The molecule has 3 heterocycles. The molecule has 3 rings (SSSR count). The van der Waals surface area contributed by atoms with E-state index in [0.29, 0.717) is 13.0 Å². The highest BCUT2D eigenvalue weighted by atomic mass is 32.2. The lowest BCUT2D eigenvalue weighted by molar-refractivity contribution is -0.916. The first-order valence-electron chi connectivity index (χ1n) is 9.09. The van der Waals surface area contributed by atoms with E-state index in [1.807, 2.05) is 31.5 Å². The van der Waals surface area contributed by atoms with Crippen molar-refractivity contribution in [3.63, 3.8) is 0 Å². The van der Waals surface area contributed by atoms with Crippen molar-refractivity contribution in [1.82, 2.24) is 4.57 Å². The molecule has 0 spiro atoms. The van der Waals surface area contributed by atoms with Crippen LogP contribution >= 0.6 is 0 Å². The number of Topliss-reactive ketones (excluding diaryl/α,β-unsaturated/α-hetero) is 1. The topological polar surface area (TPSA) is 69.8 Å². The van der Waals surface area contributed by atoms with Crippen LogP contribution < -0.4 is 4.90 Å². The quantitative estimate of drug-likeness (QED) is 0.721. The molecule has 7 heteroatoms. The molecule has 0 aromatic carbocycles. The highest BCUT2D eigenvalue weighted by Gasteiger charge is 2.38. The molecule has 6 nitrogen and oxygen atoms in total. The van der Waals surface area contributed by atoms with Crippen LogP contribution in [-0.4, -0.2) is 62.1 Å². The zero-order valence-corrected chi connectivity index (χ0v) is 16.2. The van der Waals surface area contributed by atoms with Crippen LogP contribution in [-0.2, 0) is 21.6 Å². The summed E-state index contributed by atoms with van der Waals surface area (Å²) in [5, 5.41) is 0. The van der Waals surface area contributed by atoms with Gasteiger partial charge in [0, 0.05) is 37.0 Å². The number of aromatic nitrogens is 1. The molecule has 140 valence electrons. The van der Waals surface area contributed by atoms with Crippen LogP contribution in [0, 0.1) is 13.8 Å². The zero-order chi connectivity index (χ0) is 18.2. The third-order valence-electron chi connectivity index (χ3n) is 5.79. The van der Waals surface area contributed by atoms with Crippen LogP contribution in [0.2, 0.25) is 0 Å². The normalized spacial score (nSPS) is 26.8. The second kappa shape index (κ2) is 7.21. The van der Waals surface area contributed by atoms with Crippen molar-refractivity contribution in [2.45, 2.75) is 45.3 Å². The van der Waals surface area contributed by atoms with Crippen molar-refractivity contribution < 1.29 is 22.8 Å². The molecule has 2 aliphatic rings. The van der Waals surface area contributed by atoms with E-state index in [9.17, 15) is 13.2 Å². The van der Waals surface area contributed by atoms with Gasteiger partial charge in [0.25, 0.3) is 0 Å². The van der Waals surface area contributed by atoms with Gasteiger partial charge in [0.1, 0.15) is 31.0 Å². The van der Waals surface area contributed by atoms with Gasteiger partial charge >= 0.3 is 0 Å². The Kier molecular flexibility index (Phi) is 5.37. The van der Waals surface area contributed by atoms with E-state index >= 15 is 0 Å². The number of carbonyl (C=O) groups excluding carboxylic acids is 1. The molecule has 1 aromatic rings. The van der Waals surface area contributed by atoms with Gasteiger partial charge in [-0.25, -0.2) is 8.42 Å². The number of hydrogen-bond acceptors (Lipinski definition) is 4. The Hall–Kier alpha value is -1.18. The molecular formula is C18H29N2O4S+. The summed E-state index contributed by atoms with van der Waals surface area (Å²) in [5.41, 5.74) is 2.79. The van der Waals surface area contributed by atoms with Gasteiger partial charge in [-0.1, -0.05) is 0 Å². The van der Waals surface area contributed by atoms with Crippen LogP contribution in [0.25, 0.3) is 0 Å². The molecular weight excluding hydrogens is 340 g/mol. The molecule has 3 atom stereocenters. The molecule has 1 unspecified atom stereocenters. The summed E-state index contributed by atoms with van der Waals surface area (Å²) in [7, 11) is -1.00. The first-order chi connectivity index (χ1) is 11.8. The monoisotopic (exact) mass is 369 g/mol. The Morgan fingerprint density at radius 2 is 2.12 bits per heavy atom. The number of ether oxygens (including phenoxy) is 1. The third kappa shape index (κ3) is 4.15. The number of hydrogen-bond donors (Lipinski definition) is 1. The highest BCUT2D eigenvalue weighted by Crippen LogP contribution is 2.15. The van der Waals surface area contributed by atoms with Crippen molar-refractivity contribution in [1.29, 1.82) is 0 Å². The van der Waals surface area contributed by atoms with Crippen LogP contribution in [0.5, 0.6) is 0 Å². The first-order valence-corrected chi connectivity index (χ1v) is 10.9. The second-order valence-corrected chi connectivity index (χ2v) is 9.77. The summed E-state index contributed by atoms with van der Waals surface area (Å²) in [5.74, 6) is 0.526. The molecule has 1 N–H and O–H groups in total. The molecule has 2 aliphatic heterocycles. The number of aryl methyl sites for hydroxylation is 1. The minimum atomic E-state index is -2.96. The number of nitrogens with one attached hydrogen (secondary N) is 1. The zero-order valence-electron chi connectivity index (χ0n) is 15.4. The fraction of sp³-hybridized carbons (Fsp3) is 0.722. The molecule has 0 radical (unpaired) electrons. The van der Waals surface area contributed by atoms with Gasteiger partial charge in [0.05, 0.1) is 5.75 Å². The van der Waals surface area contributed by atoms with Crippen LogP contribution in [0.15, 0.2) is 6.07 Å². The summed E-state index contributed by atoms with van der Waals surface area (Å²) in [6.45, 7) is 5.78. The van der Waals surface area contributed by atoms with E-state index < -0.39 is 9.84 Å². The van der Waals surface area contributed by atoms with Crippen molar-refractivity contribution >= 4 is 15.6 Å². The second-order valence-electron chi connectivity index (χ2n) is 7.54. The predicted octanol–water partition coefficient (Wildman–Crippen LogP) is 0.0756. The number of nitrogens with zero attached hydrogens (tertiary/aromatic N) is 1. The lowest BCUT2D eigenvalue weighted by Gasteiger charge is -2.26. The van der Waals surface area contributed by atoms with Crippen LogP contribution in [0.1, 0.15) is 41.0 Å². The molecule has 2 fully saturated rings. The van der Waals surface area contributed by atoms with Crippen molar-refractivity contribution in [3.8, 4) is 0 Å². The maximum atomic E-state index is 12.9. The Labute approximate surface area is 150 Å². The number of quaternary nitrogens is 1. The van der Waals surface area contributed by atoms with Gasteiger partial charge in [-0.2, -0.15) is 0 Å². The largest absolute Gasteiger partial charge is 0.372 e. The smallest absolute Gasteiger partial charge is 0.218 e. The van der Waals surface area contributed by atoms with Gasteiger partial charge in [0.2, 0.25) is 5.78 Å². The van der Waals surface area contributed by atoms with Gasteiger partial charge in [-0.3, -0.25) is 4.79 Å². The molecule has 0 saturated carbocycles. The minimum Gasteiger partial charge on any atom is -0.372 e. The van der Waals surface area contributed by atoms with Crippen molar-refractivity contribution in [3.05, 3.63) is 23.0 Å². The maximum absolute atomic E-state index is 12.9. The minimum absolute atomic E-state index is 0.00302. The number of rotatable bonds is 6. The first kappa shape index (κ1) is 18.6. The Bertz CT molecular complexity index is 747. The molecule has 0 bridgehead atoms. The summed E-state index contributed by atoms with van der Waals surface area (Å²) in [4.78, 5) is 14.0. The van der Waals surface area contributed by atoms with Crippen molar-refractivity contribution in [2.75, 3.05) is 31.2 Å². The predicted molar refractivity (Wildman–Crippen MR) is 95.9 cm³/mol. The third-order valence-corrected chi connectivity index (χ3v) is 7.55. The summed E-state index contributed by atoms with van der Waals surface area (Å²) in [6, 6.07) is 1.94. The molecule has 1 aromatic heterocycles. The Balaban J connectivity index is 1.76. The van der Waals surface area contributed by atoms with E-state index in [-0.39, 0.29) is 29.4 Å².